The van der Waals surface area contributed by atoms with Gasteiger partial charge in [-0.3, -0.25) is 4.79 Å². The van der Waals surface area contributed by atoms with E-state index >= 15 is 0 Å². The Hall–Kier alpha value is -5.44. The Labute approximate surface area is 445 Å². The number of fused-ring (bicyclic) bond motifs is 2. The van der Waals surface area contributed by atoms with Crippen LogP contribution in [0.3, 0.4) is 0 Å². The fourth-order valence-electron chi connectivity index (χ4n) is 7.53. The molecule has 0 spiro atoms. The summed E-state index contributed by atoms with van der Waals surface area (Å²) in [5.74, 6) is -2.05. The van der Waals surface area contributed by atoms with Gasteiger partial charge in [-0.25, -0.2) is 28.3 Å². The second kappa shape index (κ2) is 23.0. The van der Waals surface area contributed by atoms with Gasteiger partial charge >= 0.3 is 18.3 Å². The summed E-state index contributed by atoms with van der Waals surface area (Å²) >= 11 is 13.0. The molecule has 404 valence electrons. The average Bonchev–Trinajstić information content (AvgIpc) is 4.13. The van der Waals surface area contributed by atoms with Gasteiger partial charge in [-0.2, -0.15) is 30.6 Å². The van der Waals surface area contributed by atoms with Gasteiger partial charge in [-0.1, -0.05) is 50.9 Å². The molecule has 0 unspecified atom stereocenters. The number of ketones is 1. The fourth-order valence-corrected chi connectivity index (χ4v) is 9.42. The van der Waals surface area contributed by atoms with Gasteiger partial charge in [-0.05, 0) is 104 Å². The number of ether oxygens (including phenoxy) is 2. The lowest BCUT2D eigenvalue weighted by Gasteiger charge is -2.38. The van der Waals surface area contributed by atoms with Crippen molar-refractivity contribution in [1.82, 2.24) is 9.97 Å². The van der Waals surface area contributed by atoms with Crippen LogP contribution in [0.1, 0.15) is 89.3 Å². The summed E-state index contributed by atoms with van der Waals surface area (Å²) in [5.41, 5.74) is 2.80. The zero-order chi connectivity index (χ0) is 56.3. The molecule has 2 aromatic carbocycles. The maximum absolute atomic E-state index is 14.2. The molecule has 0 radical (unpaired) electrons. The Morgan fingerprint density at radius 2 is 1.15 bits per heavy atom. The van der Waals surface area contributed by atoms with E-state index in [4.69, 9.17) is 58.2 Å². The summed E-state index contributed by atoms with van der Waals surface area (Å²) < 4.78 is 137. The standard InChI is InChI=1S/C23H19ClF4N2O3S.C21H24F4N2O2.C5H3ClO2S.HNOS/c1-21(29)11-33-20-14(21)10-17(30-19(20)12-2-4-13(25)5-3-12)22(32,23(26,27)28)9-8-15(31)16-6-7-18(24)34-16;1-18(2,3)19(4)11-29-17-14(19)9-15(20(28,10-26)21(23,24)25)27-16(17)12-5-7-13(22)8-6-12;6-4-2-1-3(9-4)5(7)8;1-3-2/h2-7,10,32H,8-9,11,29H2,1H3;5-9,28H,10-11,26H2,1-4H3;1-2H,(H,7,8);1H/t21-,22-;19-,20-;;/m11../s1. The second-order valence-electron chi connectivity index (χ2n) is 18.5. The number of aromatic carboxylic acids is 1. The normalized spacial score (nSPS) is 18.4. The highest BCUT2D eigenvalue weighted by Gasteiger charge is 2.58. The minimum absolute atomic E-state index is 0.0132. The molecule has 4 aromatic heterocycles. The highest BCUT2D eigenvalue weighted by Crippen LogP contribution is 2.54. The topological polar surface area (TPSA) is 232 Å². The Morgan fingerprint density at radius 3 is 1.53 bits per heavy atom. The van der Waals surface area contributed by atoms with Crippen LogP contribution in [0.2, 0.25) is 8.67 Å². The SMILES string of the molecule is CC(C)(C)[C@]1(C)COc2c1cc([C@](O)(CN)C(F)(F)F)nc2-c1ccc(F)cc1.C[C@@]1(N)COc2c1cc([C@](O)(CCC(=O)c1ccc(Cl)s1)C(F)(F)F)nc2-c1ccc(F)cc1.N=S=O.O=C(O)c1ccc(Cl)s1. The van der Waals surface area contributed by atoms with E-state index in [1.807, 2.05) is 27.7 Å². The summed E-state index contributed by atoms with van der Waals surface area (Å²) in [6.45, 7) is 8.48. The molecule has 2 aliphatic rings. The zero-order valence-electron chi connectivity index (χ0n) is 40.1. The van der Waals surface area contributed by atoms with E-state index in [1.165, 1.54) is 60.7 Å². The molecule has 8 N–H and O–H groups in total. The maximum Gasteiger partial charge on any atom is 0.424 e. The first-order valence-electron chi connectivity index (χ1n) is 21.9. The summed E-state index contributed by atoms with van der Waals surface area (Å²) in [5, 5.41) is 29.7. The van der Waals surface area contributed by atoms with Crippen LogP contribution in [0, 0.1) is 21.8 Å². The van der Waals surface area contributed by atoms with Gasteiger partial charge in [0.05, 0.1) is 37.1 Å². The number of halogens is 10. The van der Waals surface area contributed by atoms with Gasteiger partial charge in [0.1, 0.15) is 40.3 Å². The first kappa shape index (κ1) is 60.4. The van der Waals surface area contributed by atoms with Crippen LogP contribution in [0.25, 0.3) is 22.5 Å². The number of pyridine rings is 2. The molecule has 0 amide bonds. The average molecular weight is 1150 g/mol. The first-order chi connectivity index (χ1) is 34.7. The number of thiophene rings is 2. The Balaban J connectivity index is 0.000000229. The summed E-state index contributed by atoms with van der Waals surface area (Å²) in [7, 11) is 0. The Bertz CT molecular complexity index is 3080. The highest BCUT2D eigenvalue weighted by molar-refractivity contribution is 7.53. The van der Waals surface area contributed by atoms with Crippen LogP contribution >= 0.6 is 45.9 Å². The number of aromatic nitrogens is 2. The number of alkyl halides is 6. The zero-order valence-corrected chi connectivity index (χ0v) is 44.0. The number of nitrogens with one attached hydrogen (secondary N) is 1. The summed E-state index contributed by atoms with van der Waals surface area (Å²) in [6, 6.07) is 18.4. The maximum atomic E-state index is 14.2. The molecule has 4 atom stereocenters. The van der Waals surface area contributed by atoms with Crippen LogP contribution in [-0.4, -0.2) is 73.4 Å². The van der Waals surface area contributed by atoms with Crippen LogP contribution in [-0.2, 0) is 33.6 Å². The molecule has 0 fully saturated rings. The number of carbonyl (C=O) groups excluding carboxylic acids is 1. The van der Waals surface area contributed by atoms with Crippen molar-refractivity contribution in [3.8, 4) is 34.0 Å². The van der Waals surface area contributed by atoms with Gasteiger partial charge in [-0.15, -0.1) is 22.7 Å². The number of nitrogens with zero attached hydrogens (tertiary/aromatic N) is 2. The van der Waals surface area contributed by atoms with Crippen molar-refractivity contribution in [3.63, 3.8) is 0 Å². The molecule has 0 aliphatic carbocycles. The molecule has 13 nitrogen and oxygen atoms in total. The monoisotopic (exact) mass is 1150 g/mol. The fraction of sp³-hybridized carbons (Fsp3) is 0.347. The molecular formula is C49H47Cl2F8N5O8S3. The minimum Gasteiger partial charge on any atom is -0.490 e. The molecule has 0 saturated carbocycles. The quantitative estimate of drug-likeness (QED) is 0.0556. The number of carboxylic acid groups (broad SMARTS) is 1. The van der Waals surface area contributed by atoms with E-state index in [1.54, 1.807) is 13.0 Å². The number of carboxylic acids is 1. The molecule has 6 aromatic rings. The molecule has 8 rings (SSSR count). The third-order valence-corrected chi connectivity index (χ3v) is 15.0. The third-order valence-electron chi connectivity index (χ3n) is 12.5. The lowest BCUT2D eigenvalue weighted by atomic mass is 9.65. The van der Waals surface area contributed by atoms with Crippen molar-refractivity contribution in [2.45, 2.75) is 82.0 Å². The lowest BCUT2D eigenvalue weighted by Crippen LogP contribution is -2.49. The highest BCUT2D eigenvalue weighted by atomic mass is 35.5. The van der Waals surface area contributed by atoms with Crippen molar-refractivity contribution in [1.29, 1.82) is 4.78 Å². The number of benzene rings is 2. The van der Waals surface area contributed by atoms with Crippen LogP contribution < -0.4 is 20.9 Å². The van der Waals surface area contributed by atoms with E-state index in [-0.39, 0.29) is 68.1 Å². The van der Waals surface area contributed by atoms with Crippen molar-refractivity contribution < 1.29 is 73.7 Å². The predicted molar refractivity (Wildman–Crippen MR) is 268 cm³/mol. The third kappa shape index (κ3) is 13.1. The largest absolute Gasteiger partial charge is 0.490 e. The Morgan fingerprint density at radius 1 is 0.733 bits per heavy atom. The summed E-state index contributed by atoms with van der Waals surface area (Å²) in [6.07, 6.45) is -11.8. The minimum atomic E-state index is -5.16. The van der Waals surface area contributed by atoms with Crippen LogP contribution in [0.4, 0.5) is 35.1 Å². The first-order valence-corrected chi connectivity index (χ1v) is 25.0. The molecular weight excluding hydrogens is 1110 g/mol. The van der Waals surface area contributed by atoms with E-state index in [0.29, 0.717) is 25.5 Å². The van der Waals surface area contributed by atoms with Crippen molar-refractivity contribution in [2.24, 2.45) is 16.9 Å². The predicted octanol–water partition coefficient (Wildman–Crippen LogP) is 11.9. The number of Topliss-reactive ketones (excluding diaryl/α,β-unsaturated/α-hetero) is 1. The van der Waals surface area contributed by atoms with E-state index < -0.39 is 88.7 Å². The number of hydrogen-bond acceptors (Lipinski definition) is 14. The van der Waals surface area contributed by atoms with Crippen LogP contribution in [0.5, 0.6) is 11.5 Å². The van der Waals surface area contributed by atoms with Gasteiger partial charge < -0.3 is 36.3 Å². The van der Waals surface area contributed by atoms with E-state index in [2.05, 4.69) is 9.97 Å². The van der Waals surface area contributed by atoms with Gasteiger partial charge in [0.25, 0.3) is 0 Å². The van der Waals surface area contributed by atoms with Gasteiger partial charge in [0, 0.05) is 40.6 Å². The number of nitrogens with two attached hydrogens (primary N) is 2. The molecule has 0 bridgehead atoms. The van der Waals surface area contributed by atoms with Crippen molar-refractivity contribution in [3.05, 3.63) is 138 Å². The number of rotatable bonds is 10. The number of hydrogen-bond donors (Lipinski definition) is 6. The molecule has 2 aliphatic heterocycles. The smallest absolute Gasteiger partial charge is 0.424 e. The van der Waals surface area contributed by atoms with Crippen LogP contribution in [0.15, 0.2) is 84.9 Å². The molecule has 26 heteroatoms. The number of aliphatic hydroxyl groups is 2. The summed E-state index contributed by atoms with van der Waals surface area (Å²) in [4.78, 5) is 31.3. The van der Waals surface area contributed by atoms with Crippen molar-refractivity contribution >= 4 is 69.1 Å². The van der Waals surface area contributed by atoms with Gasteiger partial charge in [0.15, 0.2) is 23.0 Å². The Kier molecular flexibility index (Phi) is 18.6. The van der Waals surface area contributed by atoms with Crippen molar-refractivity contribution in [2.75, 3.05) is 19.8 Å². The second-order valence-corrected chi connectivity index (χ2v) is 22.1. The van der Waals surface area contributed by atoms with E-state index in [0.717, 1.165) is 40.9 Å². The van der Waals surface area contributed by atoms with Gasteiger partial charge in [0.2, 0.25) is 11.2 Å². The molecule has 6 heterocycles. The number of carbonyl (C=O) groups is 2. The lowest BCUT2D eigenvalue weighted by molar-refractivity contribution is -0.270. The molecule has 0 saturated heterocycles. The molecule has 75 heavy (non-hydrogen) atoms. The van der Waals surface area contributed by atoms with E-state index in [9.17, 15) is 54.9 Å².